The van der Waals surface area contributed by atoms with Crippen LogP contribution in [-0.4, -0.2) is 44.6 Å². The molecule has 1 aromatic rings. The lowest BCUT2D eigenvalue weighted by atomic mass is 10.3. The first-order chi connectivity index (χ1) is 7.68. The molecule has 0 unspecified atom stereocenters. The van der Waals surface area contributed by atoms with Gasteiger partial charge < -0.3 is 4.90 Å². The van der Waals surface area contributed by atoms with Crippen molar-refractivity contribution in [3.63, 3.8) is 0 Å². The molecular weight excluding hydrogens is 292 g/mol. The highest BCUT2D eigenvalue weighted by Gasteiger charge is 2.23. The maximum absolute atomic E-state index is 12.1. The van der Waals surface area contributed by atoms with Crippen molar-refractivity contribution in [2.75, 3.05) is 24.6 Å². The van der Waals surface area contributed by atoms with Crippen LogP contribution >= 0.6 is 15.9 Å². The second-order valence-corrected chi connectivity index (χ2v) is 6.02. The van der Waals surface area contributed by atoms with Gasteiger partial charge in [-0.15, -0.1) is 0 Å². The molecule has 0 aliphatic carbocycles. The second kappa shape index (κ2) is 5.05. The van der Waals surface area contributed by atoms with Gasteiger partial charge in [0, 0.05) is 46.1 Å². The Kier molecular flexibility index (Phi) is 3.70. The van der Waals surface area contributed by atoms with Crippen LogP contribution in [0, 0.1) is 0 Å². The Hall–Kier alpha value is -0.750. The minimum Gasteiger partial charge on any atom is -0.335 e. The molecule has 1 saturated heterocycles. The molecule has 1 aliphatic heterocycles. The number of aromatic nitrogens is 1. The molecule has 6 heteroatoms. The van der Waals surface area contributed by atoms with Gasteiger partial charge in [-0.2, -0.15) is 0 Å². The van der Waals surface area contributed by atoms with E-state index in [4.69, 9.17) is 0 Å². The minimum atomic E-state index is -0.765. The lowest BCUT2D eigenvalue weighted by Crippen LogP contribution is -2.42. The summed E-state index contributed by atoms with van der Waals surface area (Å²) in [6, 6.07) is 3.56. The normalized spacial score (nSPS) is 17.4. The lowest BCUT2D eigenvalue weighted by molar-refractivity contribution is 0.0764. The third-order valence-corrected chi connectivity index (χ3v) is 4.34. The summed E-state index contributed by atoms with van der Waals surface area (Å²) in [5, 5.41) is 0. The molecule has 1 aromatic heterocycles. The van der Waals surface area contributed by atoms with Crippen molar-refractivity contribution >= 4 is 32.6 Å². The standard InChI is InChI=1S/C10H11BrN2O2S/c11-8-2-1-3-12-9(8)10(14)13-4-6-16(15)7-5-13/h1-3H,4-7H2. The largest absolute Gasteiger partial charge is 0.335 e. The van der Waals surface area contributed by atoms with Crippen LogP contribution in [-0.2, 0) is 10.8 Å². The number of hydrogen-bond acceptors (Lipinski definition) is 3. The van der Waals surface area contributed by atoms with Crippen molar-refractivity contribution in [1.82, 2.24) is 9.88 Å². The molecular formula is C10H11BrN2O2S. The SMILES string of the molecule is O=C(c1ncccc1Br)N1CCS(=O)CC1. The number of amides is 1. The summed E-state index contributed by atoms with van der Waals surface area (Å²) in [4.78, 5) is 17.8. The summed E-state index contributed by atoms with van der Waals surface area (Å²) >= 11 is 3.31. The molecule has 0 spiro atoms. The molecule has 1 aliphatic rings. The monoisotopic (exact) mass is 302 g/mol. The first kappa shape index (κ1) is 11.7. The van der Waals surface area contributed by atoms with Crippen LogP contribution in [0.5, 0.6) is 0 Å². The predicted molar refractivity (Wildman–Crippen MR) is 65.7 cm³/mol. The average molecular weight is 303 g/mol. The summed E-state index contributed by atoms with van der Waals surface area (Å²) in [5.41, 5.74) is 0.426. The first-order valence-corrected chi connectivity index (χ1v) is 7.21. The second-order valence-electron chi connectivity index (χ2n) is 3.47. The van der Waals surface area contributed by atoms with E-state index >= 15 is 0 Å². The molecule has 86 valence electrons. The van der Waals surface area contributed by atoms with Gasteiger partial charge in [0.2, 0.25) is 0 Å². The first-order valence-electron chi connectivity index (χ1n) is 4.93. The highest BCUT2D eigenvalue weighted by atomic mass is 79.9. The van der Waals surface area contributed by atoms with Crippen molar-refractivity contribution in [1.29, 1.82) is 0 Å². The molecule has 0 saturated carbocycles. The Bertz CT molecular complexity index is 429. The van der Waals surface area contributed by atoms with E-state index in [0.717, 1.165) is 0 Å². The average Bonchev–Trinajstić information content (AvgIpc) is 2.30. The zero-order valence-corrected chi connectivity index (χ0v) is 11.0. The van der Waals surface area contributed by atoms with Gasteiger partial charge >= 0.3 is 0 Å². The van der Waals surface area contributed by atoms with Gasteiger partial charge in [-0.25, -0.2) is 4.98 Å². The summed E-state index contributed by atoms with van der Waals surface area (Å²) in [5.74, 6) is 1.04. The van der Waals surface area contributed by atoms with Crippen LogP contribution in [0.15, 0.2) is 22.8 Å². The van der Waals surface area contributed by atoms with Crippen LogP contribution in [0.1, 0.15) is 10.5 Å². The maximum atomic E-state index is 12.1. The van der Waals surface area contributed by atoms with Crippen LogP contribution in [0.3, 0.4) is 0 Å². The molecule has 4 nitrogen and oxygen atoms in total. The number of nitrogens with zero attached hydrogens (tertiary/aromatic N) is 2. The molecule has 0 N–H and O–H groups in total. The minimum absolute atomic E-state index is 0.0934. The number of carbonyl (C=O) groups excluding carboxylic acids is 1. The van der Waals surface area contributed by atoms with Gasteiger partial charge in [0.05, 0.1) is 0 Å². The fourth-order valence-electron chi connectivity index (χ4n) is 1.53. The third-order valence-electron chi connectivity index (χ3n) is 2.43. The van der Waals surface area contributed by atoms with E-state index < -0.39 is 10.8 Å². The number of rotatable bonds is 1. The molecule has 1 amide bonds. The van der Waals surface area contributed by atoms with Crippen molar-refractivity contribution in [2.24, 2.45) is 0 Å². The van der Waals surface area contributed by atoms with Crippen LogP contribution in [0.2, 0.25) is 0 Å². The van der Waals surface area contributed by atoms with Gasteiger partial charge in [0.1, 0.15) is 5.69 Å². The van der Waals surface area contributed by atoms with Gasteiger partial charge in [-0.05, 0) is 28.1 Å². The predicted octanol–water partition coefficient (Wildman–Crippen LogP) is 1.05. The van der Waals surface area contributed by atoms with E-state index in [2.05, 4.69) is 20.9 Å². The Morgan fingerprint density at radius 3 is 2.75 bits per heavy atom. The summed E-state index contributed by atoms with van der Waals surface area (Å²) in [6.07, 6.45) is 1.60. The summed E-state index contributed by atoms with van der Waals surface area (Å²) < 4.78 is 11.9. The van der Waals surface area contributed by atoms with Crippen LogP contribution in [0.4, 0.5) is 0 Å². The van der Waals surface area contributed by atoms with E-state index in [9.17, 15) is 9.00 Å². The van der Waals surface area contributed by atoms with E-state index in [1.807, 2.05) is 0 Å². The van der Waals surface area contributed by atoms with Crippen molar-refractivity contribution in [2.45, 2.75) is 0 Å². The molecule has 2 rings (SSSR count). The Morgan fingerprint density at radius 2 is 2.12 bits per heavy atom. The Labute approximate surface area is 105 Å². The molecule has 0 aromatic carbocycles. The number of pyridine rings is 1. The molecule has 2 heterocycles. The van der Waals surface area contributed by atoms with Gasteiger partial charge in [-0.1, -0.05) is 0 Å². The van der Waals surface area contributed by atoms with Gasteiger partial charge in [-0.3, -0.25) is 9.00 Å². The van der Waals surface area contributed by atoms with Crippen molar-refractivity contribution < 1.29 is 9.00 Å². The highest BCUT2D eigenvalue weighted by Crippen LogP contribution is 2.16. The Morgan fingerprint density at radius 1 is 1.44 bits per heavy atom. The Balaban J connectivity index is 2.14. The zero-order chi connectivity index (χ0) is 11.5. The molecule has 1 fully saturated rings. The fraction of sp³-hybridized carbons (Fsp3) is 0.400. The topological polar surface area (TPSA) is 50.3 Å². The summed E-state index contributed by atoms with van der Waals surface area (Å²) in [7, 11) is -0.765. The molecule has 16 heavy (non-hydrogen) atoms. The van der Waals surface area contributed by atoms with E-state index in [1.165, 1.54) is 0 Å². The smallest absolute Gasteiger partial charge is 0.273 e. The van der Waals surface area contributed by atoms with E-state index in [0.29, 0.717) is 34.8 Å². The van der Waals surface area contributed by atoms with Gasteiger partial charge in [0.25, 0.3) is 5.91 Å². The number of hydrogen-bond donors (Lipinski definition) is 0. The molecule has 0 radical (unpaired) electrons. The molecule has 0 atom stereocenters. The maximum Gasteiger partial charge on any atom is 0.273 e. The van der Waals surface area contributed by atoms with E-state index in [-0.39, 0.29) is 5.91 Å². The number of carbonyl (C=O) groups is 1. The van der Waals surface area contributed by atoms with Crippen molar-refractivity contribution in [3.8, 4) is 0 Å². The quantitative estimate of drug-likeness (QED) is 0.779. The molecule has 0 bridgehead atoms. The lowest BCUT2D eigenvalue weighted by Gasteiger charge is -2.26. The highest BCUT2D eigenvalue weighted by molar-refractivity contribution is 9.10. The zero-order valence-electron chi connectivity index (χ0n) is 8.56. The summed E-state index contributed by atoms with van der Waals surface area (Å²) in [6.45, 7) is 1.10. The van der Waals surface area contributed by atoms with Crippen molar-refractivity contribution in [3.05, 3.63) is 28.5 Å². The number of halogens is 1. The van der Waals surface area contributed by atoms with Gasteiger partial charge in [0.15, 0.2) is 0 Å². The van der Waals surface area contributed by atoms with Crippen LogP contribution in [0.25, 0.3) is 0 Å². The third kappa shape index (κ3) is 2.49. The van der Waals surface area contributed by atoms with E-state index in [1.54, 1.807) is 23.2 Å². The fourth-order valence-corrected chi connectivity index (χ4v) is 3.01. The van der Waals surface area contributed by atoms with Crippen LogP contribution < -0.4 is 0 Å².